The van der Waals surface area contributed by atoms with Crippen LogP contribution in [0.2, 0.25) is 5.02 Å². The smallest absolute Gasteiger partial charge is 0.291 e. The zero-order chi connectivity index (χ0) is 21.1. The lowest BCUT2D eigenvalue weighted by Crippen LogP contribution is -2.30. The molecule has 1 aromatic heterocycles. The van der Waals surface area contributed by atoms with E-state index in [0.29, 0.717) is 27.6 Å². The van der Waals surface area contributed by atoms with Gasteiger partial charge in [0, 0.05) is 24.2 Å². The van der Waals surface area contributed by atoms with Gasteiger partial charge in [-0.15, -0.1) is 0 Å². The van der Waals surface area contributed by atoms with Gasteiger partial charge in [-0.2, -0.15) is 0 Å². The van der Waals surface area contributed by atoms with Crippen LogP contribution in [0.1, 0.15) is 40.2 Å². The summed E-state index contributed by atoms with van der Waals surface area (Å²) in [5.41, 5.74) is 7.89. The van der Waals surface area contributed by atoms with Crippen LogP contribution in [0.4, 0.5) is 11.4 Å². The SMILES string of the molecule is NC(=O)c1ccc(N2CCCCC2)c(NC(=O)c2ccc(-c3ccccc3Cl)o2)c1. The molecule has 30 heavy (non-hydrogen) atoms. The van der Waals surface area contributed by atoms with Gasteiger partial charge in [0.15, 0.2) is 5.76 Å². The Balaban J connectivity index is 1.61. The molecule has 1 aliphatic heterocycles. The highest BCUT2D eigenvalue weighted by Crippen LogP contribution is 2.32. The van der Waals surface area contributed by atoms with Gasteiger partial charge >= 0.3 is 0 Å². The third kappa shape index (κ3) is 4.19. The fourth-order valence-electron chi connectivity index (χ4n) is 3.65. The van der Waals surface area contributed by atoms with Gasteiger partial charge in [-0.1, -0.05) is 23.7 Å². The first-order valence-electron chi connectivity index (χ1n) is 9.88. The summed E-state index contributed by atoms with van der Waals surface area (Å²) >= 11 is 6.22. The minimum absolute atomic E-state index is 0.152. The summed E-state index contributed by atoms with van der Waals surface area (Å²) in [6.45, 7) is 1.80. The second-order valence-corrected chi connectivity index (χ2v) is 7.65. The number of nitrogens with zero attached hydrogens (tertiary/aromatic N) is 1. The van der Waals surface area contributed by atoms with Crippen LogP contribution in [0.15, 0.2) is 59.0 Å². The van der Waals surface area contributed by atoms with Crippen molar-refractivity contribution < 1.29 is 14.0 Å². The predicted octanol–water partition coefficient (Wildman–Crippen LogP) is 4.94. The maximum atomic E-state index is 12.9. The Kier molecular flexibility index (Phi) is 5.77. The quantitative estimate of drug-likeness (QED) is 0.608. The Hall–Kier alpha value is -3.25. The van der Waals surface area contributed by atoms with Gasteiger partial charge < -0.3 is 20.4 Å². The highest BCUT2D eigenvalue weighted by atomic mass is 35.5. The Bertz CT molecular complexity index is 1090. The number of hydrogen-bond donors (Lipinski definition) is 2. The van der Waals surface area contributed by atoms with E-state index in [-0.39, 0.29) is 5.76 Å². The molecule has 6 nitrogen and oxygen atoms in total. The van der Waals surface area contributed by atoms with Gasteiger partial charge in [0.05, 0.1) is 16.4 Å². The summed E-state index contributed by atoms with van der Waals surface area (Å²) in [5, 5.41) is 3.43. The molecule has 1 aliphatic rings. The van der Waals surface area contributed by atoms with Crippen molar-refractivity contribution in [3.8, 4) is 11.3 Å². The van der Waals surface area contributed by atoms with Gasteiger partial charge in [0.1, 0.15) is 5.76 Å². The first-order valence-corrected chi connectivity index (χ1v) is 10.3. The normalized spacial score (nSPS) is 13.8. The van der Waals surface area contributed by atoms with E-state index in [1.165, 1.54) is 6.42 Å². The molecule has 154 valence electrons. The van der Waals surface area contributed by atoms with Crippen LogP contribution < -0.4 is 16.0 Å². The van der Waals surface area contributed by atoms with Gasteiger partial charge in [-0.25, -0.2) is 0 Å². The molecule has 2 heterocycles. The molecule has 7 heteroatoms. The number of benzene rings is 2. The van der Waals surface area contributed by atoms with Crippen molar-refractivity contribution >= 4 is 34.8 Å². The van der Waals surface area contributed by atoms with Crippen molar-refractivity contribution in [3.05, 3.63) is 70.9 Å². The largest absolute Gasteiger partial charge is 0.451 e. The molecule has 3 aromatic rings. The van der Waals surface area contributed by atoms with Crippen molar-refractivity contribution in [2.45, 2.75) is 19.3 Å². The summed E-state index contributed by atoms with van der Waals surface area (Å²) in [7, 11) is 0. The van der Waals surface area contributed by atoms with Gasteiger partial charge in [0.25, 0.3) is 5.91 Å². The first-order chi connectivity index (χ1) is 14.5. The number of nitrogens with two attached hydrogens (primary N) is 1. The molecular formula is C23H22ClN3O3. The van der Waals surface area contributed by atoms with Gasteiger partial charge in [-0.05, 0) is 61.7 Å². The summed E-state index contributed by atoms with van der Waals surface area (Å²) in [6, 6.07) is 15.7. The Morgan fingerprint density at radius 1 is 1.00 bits per heavy atom. The lowest BCUT2D eigenvalue weighted by Gasteiger charge is -2.30. The number of halogens is 1. The van der Waals surface area contributed by atoms with Crippen LogP contribution in [0.25, 0.3) is 11.3 Å². The highest BCUT2D eigenvalue weighted by molar-refractivity contribution is 6.33. The second-order valence-electron chi connectivity index (χ2n) is 7.24. The monoisotopic (exact) mass is 423 g/mol. The summed E-state index contributed by atoms with van der Waals surface area (Å²) < 4.78 is 5.75. The summed E-state index contributed by atoms with van der Waals surface area (Å²) in [4.78, 5) is 26.8. The number of hydrogen-bond acceptors (Lipinski definition) is 4. The van der Waals surface area contributed by atoms with Crippen LogP contribution in [-0.4, -0.2) is 24.9 Å². The molecule has 1 fully saturated rings. The molecule has 3 N–H and O–H groups in total. The van der Waals surface area contributed by atoms with Gasteiger partial charge in [-0.3, -0.25) is 9.59 Å². The fraction of sp³-hybridized carbons (Fsp3) is 0.217. The molecule has 2 aromatic carbocycles. The number of rotatable bonds is 5. The number of amides is 2. The van der Waals surface area contributed by atoms with E-state index in [4.69, 9.17) is 21.8 Å². The lowest BCUT2D eigenvalue weighted by atomic mass is 10.1. The molecule has 0 spiro atoms. The number of piperidine rings is 1. The molecule has 0 aliphatic carbocycles. The Morgan fingerprint density at radius 2 is 1.77 bits per heavy atom. The minimum Gasteiger partial charge on any atom is -0.451 e. The third-order valence-electron chi connectivity index (χ3n) is 5.20. The van der Waals surface area contributed by atoms with Gasteiger partial charge in [0.2, 0.25) is 5.91 Å². The number of carbonyl (C=O) groups is 2. The van der Waals surface area contributed by atoms with E-state index >= 15 is 0 Å². The fourth-order valence-corrected chi connectivity index (χ4v) is 3.88. The minimum atomic E-state index is -0.547. The number of anilines is 2. The van der Waals surface area contributed by atoms with Crippen molar-refractivity contribution in [1.29, 1.82) is 0 Å². The van der Waals surface area contributed by atoms with E-state index in [1.807, 2.05) is 24.3 Å². The number of carbonyl (C=O) groups excluding carboxylic acids is 2. The molecule has 1 saturated heterocycles. The molecule has 2 amide bonds. The average Bonchev–Trinajstić information content (AvgIpc) is 3.25. The van der Waals surface area contributed by atoms with Crippen LogP contribution in [0.5, 0.6) is 0 Å². The maximum Gasteiger partial charge on any atom is 0.291 e. The molecule has 0 bridgehead atoms. The zero-order valence-corrected chi connectivity index (χ0v) is 17.1. The highest BCUT2D eigenvalue weighted by Gasteiger charge is 2.20. The molecule has 0 unspecified atom stereocenters. The third-order valence-corrected chi connectivity index (χ3v) is 5.52. The maximum absolute atomic E-state index is 12.9. The van der Waals surface area contributed by atoms with E-state index in [2.05, 4.69) is 10.2 Å². The Labute approximate surface area is 179 Å². The zero-order valence-electron chi connectivity index (χ0n) is 16.4. The predicted molar refractivity (Wildman–Crippen MR) is 118 cm³/mol. The molecular weight excluding hydrogens is 402 g/mol. The van der Waals surface area contributed by atoms with Crippen LogP contribution in [0.3, 0.4) is 0 Å². The van der Waals surface area contributed by atoms with Crippen LogP contribution in [-0.2, 0) is 0 Å². The first kappa shape index (κ1) is 20.0. The number of nitrogens with one attached hydrogen (secondary N) is 1. The average molecular weight is 424 g/mol. The summed E-state index contributed by atoms with van der Waals surface area (Å²) in [6.07, 6.45) is 3.36. The summed E-state index contributed by atoms with van der Waals surface area (Å²) in [5.74, 6) is -0.297. The van der Waals surface area contributed by atoms with E-state index in [1.54, 1.807) is 30.3 Å². The van der Waals surface area contributed by atoms with E-state index in [0.717, 1.165) is 31.6 Å². The number of primary amides is 1. The van der Waals surface area contributed by atoms with Crippen molar-refractivity contribution in [2.24, 2.45) is 5.73 Å². The van der Waals surface area contributed by atoms with Crippen LogP contribution >= 0.6 is 11.6 Å². The van der Waals surface area contributed by atoms with Crippen molar-refractivity contribution in [1.82, 2.24) is 0 Å². The number of furan rings is 1. The Morgan fingerprint density at radius 3 is 2.50 bits per heavy atom. The topological polar surface area (TPSA) is 88.6 Å². The van der Waals surface area contributed by atoms with E-state index < -0.39 is 11.8 Å². The molecule has 4 rings (SSSR count). The van der Waals surface area contributed by atoms with Crippen molar-refractivity contribution in [3.63, 3.8) is 0 Å². The molecule has 0 saturated carbocycles. The second kappa shape index (κ2) is 8.63. The molecule has 0 atom stereocenters. The lowest BCUT2D eigenvalue weighted by molar-refractivity contribution is 0.0988. The molecule has 0 radical (unpaired) electrons. The van der Waals surface area contributed by atoms with Crippen molar-refractivity contribution in [2.75, 3.05) is 23.3 Å². The van der Waals surface area contributed by atoms with E-state index in [9.17, 15) is 9.59 Å². The standard InChI is InChI=1S/C23H22ClN3O3/c24-17-7-3-2-6-16(17)20-10-11-21(30-20)23(29)26-18-14-15(22(25)28)8-9-19(18)27-12-4-1-5-13-27/h2-3,6-11,14H,1,4-5,12-13H2,(H2,25,28)(H,26,29). The van der Waals surface area contributed by atoms with Crippen LogP contribution in [0, 0.1) is 0 Å².